The van der Waals surface area contributed by atoms with Crippen LogP contribution in [-0.2, 0) is 14.3 Å². The quantitative estimate of drug-likeness (QED) is 0.430. The minimum Gasteiger partial charge on any atom is -0.466 e. The van der Waals surface area contributed by atoms with E-state index in [9.17, 15) is 9.90 Å². The summed E-state index contributed by atoms with van der Waals surface area (Å²) in [4.78, 5) is 11.0. The Balaban J connectivity index is 2.11. The third-order valence-electron chi connectivity index (χ3n) is 2.20. The third-order valence-corrected chi connectivity index (χ3v) is 2.20. The summed E-state index contributed by atoms with van der Waals surface area (Å²) in [5, 5.41) is 9.33. The summed E-state index contributed by atoms with van der Waals surface area (Å²) >= 11 is 0. The SMILES string of the molecule is COC(=O)C1=C[C@H](O)[C@@H]2O[C@@H]2C1. The van der Waals surface area contributed by atoms with Crippen molar-refractivity contribution in [1.29, 1.82) is 0 Å². The Morgan fingerprint density at radius 3 is 3.17 bits per heavy atom. The summed E-state index contributed by atoms with van der Waals surface area (Å²) in [7, 11) is 1.33. The highest BCUT2D eigenvalue weighted by Gasteiger charge is 2.47. The summed E-state index contributed by atoms with van der Waals surface area (Å²) in [6, 6.07) is 0. The van der Waals surface area contributed by atoms with Crippen molar-refractivity contribution >= 4 is 5.97 Å². The van der Waals surface area contributed by atoms with E-state index in [2.05, 4.69) is 4.74 Å². The van der Waals surface area contributed by atoms with Crippen LogP contribution in [0.15, 0.2) is 11.6 Å². The molecule has 1 fully saturated rings. The van der Waals surface area contributed by atoms with Gasteiger partial charge in [-0.25, -0.2) is 4.79 Å². The maximum Gasteiger partial charge on any atom is 0.333 e. The van der Waals surface area contributed by atoms with Crippen molar-refractivity contribution in [3.8, 4) is 0 Å². The van der Waals surface area contributed by atoms with Gasteiger partial charge in [0.2, 0.25) is 0 Å². The van der Waals surface area contributed by atoms with Crippen molar-refractivity contribution in [2.45, 2.75) is 24.7 Å². The maximum absolute atomic E-state index is 11.0. The van der Waals surface area contributed by atoms with Gasteiger partial charge in [0, 0.05) is 12.0 Å². The minimum atomic E-state index is -0.641. The molecule has 1 aliphatic heterocycles. The molecule has 0 unspecified atom stereocenters. The maximum atomic E-state index is 11.0. The standard InChI is InChI=1S/C8H10O4/c1-11-8(10)4-2-5(9)7-6(3-4)12-7/h2,5-7,9H,3H2,1H3/t5-,6+,7-/m0/s1. The Morgan fingerprint density at radius 1 is 1.83 bits per heavy atom. The fourth-order valence-electron chi connectivity index (χ4n) is 1.49. The van der Waals surface area contributed by atoms with Crippen molar-refractivity contribution in [1.82, 2.24) is 0 Å². The van der Waals surface area contributed by atoms with Crippen LogP contribution >= 0.6 is 0 Å². The molecule has 0 saturated carbocycles. The van der Waals surface area contributed by atoms with Gasteiger partial charge in [0.15, 0.2) is 0 Å². The van der Waals surface area contributed by atoms with Crippen LogP contribution in [0.2, 0.25) is 0 Å². The molecule has 1 saturated heterocycles. The normalized spacial score (nSPS) is 38.2. The van der Waals surface area contributed by atoms with Crippen LogP contribution in [0.25, 0.3) is 0 Å². The molecule has 2 rings (SSSR count). The number of rotatable bonds is 1. The molecular weight excluding hydrogens is 160 g/mol. The average Bonchev–Trinajstić information content (AvgIpc) is 2.82. The predicted octanol–water partition coefficient (Wildman–Crippen LogP) is -0.382. The van der Waals surface area contributed by atoms with E-state index in [0.717, 1.165) is 0 Å². The first-order chi connectivity index (χ1) is 5.72. The highest BCUT2D eigenvalue weighted by molar-refractivity contribution is 5.88. The molecule has 4 heteroatoms. The molecule has 1 heterocycles. The minimum absolute atomic E-state index is 0.0269. The number of epoxide rings is 1. The molecule has 3 atom stereocenters. The molecule has 4 nitrogen and oxygen atoms in total. The van der Waals surface area contributed by atoms with Crippen LogP contribution in [0.4, 0.5) is 0 Å². The van der Waals surface area contributed by atoms with Crippen molar-refractivity contribution in [2.75, 3.05) is 7.11 Å². The molecule has 0 aromatic heterocycles. The zero-order valence-electron chi connectivity index (χ0n) is 6.69. The fraction of sp³-hybridized carbons (Fsp3) is 0.625. The van der Waals surface area contributed by atoms with Crippen molar-refractivity contribution in [2.24, 2.45) is 0 Å². The number of ether oxygens (including phenoxy) is 2. The van der Waals surface area contributed by atoms with Crippen LogP contribution in [0, 0.1) is 0 Å². The van der Waals surface area contributed by atoms with Gasteiger partial charge in [0.25, 0.3) is 0 Å². The van der Waals surface area contributed by atoms with Gasteiger partial charge in [0.1, 0.15) is 12.2 Å². The number of carbonyl (C=O) groups excluding carboxylic acids is 1. The number of aliphatic hydroxyl groups is 1. The number of methoxy groups -OCH3 is 1. The van der Waals surface area contributed by atoms with Crippen LogP contribution in [0.5, 0.6) is 0 Å². The molecule has 0 bridgehead atoms. The zero-order chi connectivity index (χ0) is 8.72. The lowest BCUT2D eigenvalue weighted by Gasteiger charge is -2.10. The van der Waals surface area contributed by atoms with Gasteiger partial charge in [-0.3, -0.25) is 0 Å². The largest absolute Gasteiger partial charge is 0.466 e. The lowest BCUT2D eigenvalue weighted by Crippen LogP contribution is -2.22. The topological polar surface area (TPSA) is 59.1 Å². The monoisotopic (exact) mass is 170 g/mol. The molecule has 0 aromatic rings. The summed E-state index contributed by atoms with van der Waals surface area (Å²) in [5.74, 6) is -0.372. The van der Waals surface area contributed by atoms with Crippen LogP contribution in [-0.4, -0.2) is 36.5 Å². The summed E-state index contributed by atoms with van der Waals surface area (Å²) in [6.07, 6.45) is 1.38. The summed E-state index contributed by atoms with van der Waals surface area (Å²) in [6.45, 7) is 0. The molecule has 12 heavy (non-hydrogen) atoms. The van der Waals surface area contributed by atoms with Crippen LogP contribution in [0.1, 0.15) is 6.42 Å². The molecule has 0 amide bonds. The molecule has 0 aromatic carbocycles. The van der Waals surface area contributed by atoms with Crippen molar-refractivity contribution in [3.63, 3.8) is 0 Å². The number of carbonyl (C=O) groups is 1. The van der Waals surface area contributed by atoms with Crippen LogP contribution in [0.3, 0.4) is 0 Å². The number of hydrogen-bond acceptors (Lipinski definition) is 4. The van der Waals surface area contributed by atoms with E-state index < -0.39 is 6.10 Å². The first-order valence-corrected chi connectivity index (χ1v) is 3.85. The van der Waals surface area contributed by atoms with Gasteiger partial charge in [-0.1, -0.05) is 0 Å². The first kappa shape index (κ1) is 7.76. The van der Waals surface area contributed by atoms with E-state index in [1.165, 1.54) is 13.2 Å². The Bertz CT molecular complexity index is 245. The van der Waals surface area contributed by atoms with Gasteiger partial charge in [-0.15, -0.1) is 0 Å². The lowest BCUT2D eigenvalue weighted by atomic mass is 9.98. The Kier molecular flexibility index (Phi) is 1.66. The van der Waals surface area contributed by atoms with E-state index in [1.54, 1.807) is 0 Å². The average molecular weight is 170 g/mol. The molecular formula is C8H10O4. The predicted molar refractivity (Wildman–Crippen MR) is 39.4 cm³/mol. The van der Waals surface area contributed by atoms with E-state index in [0.29, 0.717) is 12.0 Å². The molecule has 2 aliphatic rings. The lowest BCUT2D eigenvalue weighted by molar-refractivity contribution is -0.136. The summed E-state index contributed by atoms with van der Waals surface area (Å²) < 4.78 is 9.64. The zero-order valence-corrected chi connectivity index (χ0v) is 6.69. The van der Waals surface area contributed by atoms with Crippen molar-refractivity contribution in [3.05, 3.63) is 11.6 Å². The van der Waals surface area contributed by atoms with Gasteiger partial charge in [0.05, 0.1) is 13.2 Å². The molecule has 0 radical (unpaired) electrons. The third kappa shape index (κ3) is 1.13. The van der Waals surface area contributed by atoms with E-state index in [-0.39, 0.29) is 18.2 Å². The Labute approximate surface area is 69.8 Å². The summed E-state index contributed by atoms with van der Waals surface area (Å²) in [5.41, 5.74) is 0.517. The van der Waals surface area contributed by atoms with E-state index >= 15 is 0 Å². The molecule has 1 N–H and O–H groups in total. The Hall–Kier alpha value is -0.870. The number of aliphatic hydroxyl groups excluding tert-OH is 1. The van der Waals surface area contributed by atoms with Crippen molar-refractivity contribution < 1.29 is 19.4 Å². The number of fused-ring (bicyclic) bond motifs is 1. The van der Waals surface area contributed by atoms with E-state index in [1.807, 2.05) is 0 Å². The van der Waals surface area contributed by atoms with Gasteiger partial charge in [-0.2, -0.15) is 0 Å². The van der Waals surface area contributed by atoms with Gasteiger partial charge in [-0.05, 0) is 6.08 Å². The first-order valence-electron chi connectivity index (χ1n) is 3.85. The molecule has 0 spiro atoms. The smallest absolute Gasteiger partial charge is 0.333 e. The highest BCUT2D eigenvalue weighted by atomic mass is 16.6. The van der Waals surface area contributed by atoms with Gasteiger partial charge >= 0.3 is 5.97 Å². The highest BCUT2D eigenvalue weighted by Crippen LogP contribution is 2.36. The second-order valence-corrected chi connectivity index (χ2v) is 3.02. The van der Waals surface area contributed by atoms with Gasteiger partial charge < -0.3 is 14.6 Å². The second-order valence-electron chi connectivity index (χ2n) is 3.02. The molecule has 66 valence electrons. The van der Waals surface area contributed by atoms with Crippen LogP contribution < -0.4 is 0 Å². The second kappa shape index (κ2) is 2.57. The molecule has 1 aliphatic carbocycles. The van der Waals surface area contributed by atoms with E-state index in [4.69, 9.17) is 4.74 Å². The Morgan fingerprint density at radius 2 is 2.58 bits per heavy atom. The number of hydrogen-bond donors (Lipinski definition) is 1. The fourth-order valence-corrected chi connectivity index (χ4v) is 1.49. The number of esters is 1.